The molecule has 0 radical (unpaired) electrons. The van der Waals surface area contributed by atoms with Gasteiger partial charge in [-0.05, 0) is 40.2 Å². The highest BCUT2D eigenvalue weighted by atomic mass is 79.9. The highest BCUT2D eigenvalue weighted by Gasteiger charge is 2.09. The van der Waals surface area contributed by atoms with Gasteiger partial charge in [0, 0.05) is 21.6 Å². The summed E-state index contributed by atoms with van der Waals surface area (Å²) in [5.74, 6) is -0.279. The van der Waals surface area contributed by atoms with Crippen molar-refractivity contribution in [3.63, 3.8) is 0 Å². The lowest BCUT2D eigenvalue weighted by Crippen LogP contribution is -2.03. The molecule has 0 saturated heterocycles. The first-order chi connectivity index (χ1) is 8.59. The van der Waals surface area contributed by atoms with Crippen molar-refractivity contribution < 1.29 is 9.50 Å². The van der Waals surface area contributed by atoms with E-state index in [1.807, 2.05) is 0 Å². The zero-order valence-electron chi connectivity index (χ0n) is 9.25. The molecular weight excluding hydrogens is 321 g/mol. The van der Waals surface area contributed by atoms with Gasteiger partial charge in [-0.2, -0.15) is 0 Å². The average molecular weight is 331 g/mol. The Morgan fingerprint density at radius 2 is 1.94 bits per heavy atom. The summed E-state index contributed by atoms with van der Waals surface area (Å²) in [6.07, 6.45) is 0. The molecule has 0 heterocycles. The van der Waals surface area contributed by atoms with Crippen LogP contribution < -0.4 is 5.32 Å². The van der Waals surface area contributed by atoms with Gasteiger partial charge >= 0.3 is 0 Å². The number of phenolic OH excluding ortho intramolecular Hbond substituents is 1. The quantitative estimate of drug-likeness (QED) is 0.864. The minimum absolute atomic E-state index is 0.0856. The third-order valence-electron chi connectivity index (χ3n) is 2.50. The number of anilines is 1. The molecule has 0 aliphatic rings. The molecule has 2 rings (SSSR count). The minimum atomic E-state index is -0.365. The van der Waals surface area contributed by atoms with Gasteiger partial charge in [0.2, 0.25) is 0 Å². The lowest BCUT2D eigenvalue weighted by molar-refractivity contribution is 0.469. The van der Waals surface area contributed by atoms with Gasteiger partial charge in [0.15, 0.2) is 0 Å². The number of hydrogen-bond acceptors (Lipinski definition) is 2. The Morgan fingerprint density at radius 1 is 1.22 bits per heavy atom. The Morgan fingerprint density at radius 3 is 2.61 bits per heavy atom. The van der Waals surface area contributed by atoms with Gasteiger partial charge in [-0.15, -0.1) is 0 Å². The summed E-state index contributed by atoms with van der Waals surface area (Å²) in [5.41, 5.74) is 0.881. The van der Waals surface area contributed by atoms with Crippen molar-refractivity contribution in [1.82, 2.24) is 0 Å². The molecule has 94 valence electrons. The molecule has 0 aliphatic heterocycles. The fourth-order valence-electron chi connectivity index (χ4n) is 1.57. The van der Waals surface area contributed by atoms with Gasteiger partial charge in [0.05, 0.1) is 5.69 Å². The summed E-state index contributed by atoms with van der Waals surface area (Å²) in [7, 11) is 0. The average Bonchev–Trinajstić information content (AvgIpc) is 2.31. The van der Waals surface area contributed by atoms with Crippen LogP contribution in [0.5, 0.6) is 5.75 Å². The molecule has 2 aromatic carbocycles. The van der Waals surface area contributed by atoms with Crippen molar-refractivity contribution in [2.45, 2.75) is 6.54 Å². The predicted molar refractivity (Wildman–Crippen MR) is 74.5 cm³/mol. The van der Waals surface area contributed by atoms with E-state index in [-0.39, 0.29) is 18.1 Å². The largest absolute Gasteiger partial charge is 0.508 e. The fourth-order valence-corrected chi connectivity index (χ4v) is 2.28. The van der Waals surface area contributed by atoms with Gasteiger partial charge in [-0.25, -0.2) is 4.39 Å². The van der Waals surface area contributed by atoms with Crippen LogP contribution in [0.1, 0.15) is 5.56 Å². The molecule has 2 N–H and O–H groups in total. The zero-order valence-corrected chi connectivity index (χ0v) is 11.6. The van der Waals surface area contributed by atoms with E-state index in [0.29, 0.717) is 20.7 Å². The summed E-state index contributed by atoms with van der Waals surface area (Å²) in [5, 5.41) is 13.0. The number of hydrogen-bond donors (Lipinski definition) is 2. The Kier molecular flexibility index (Phi) is 4.09. The Labute approximate surface area is 118 Å². The van der Waals surface area contributed by atoms with Crippen molar-refractivity contribution >= 4 is 33.2 Å². The van der Waals surface area contributed by atoms with Gasteiger partial charge in [0.25, 0.3) is 0 Å². The molecule has 0 aromatic heterocycles. The number of phenols is 1. The molecule has 0 unspecified atom stereocenters. The second-order valence-electron chi connectivity index (χ2n) is 3.69. The number of aromatic hydroxyl groups is 1. The fraction of sp³-hybridized carbons (Fsp3) is 0.0769. The first kappa shape index (κ1) is 13.2. The van der Waals surface area contributed by atoms with Crippen molar-refractivity contribution in [2.75, 3.05) is 5.32 Å². The zero-order chi connectivity index (χ0) is 13.1. The van der Waals surface area contributed by atoms with Crippen LogP contribution in [0.25, 0.3) is 0 Å². The van der Waals surface area contributed by atoms with Crippen LogP contribution in [0.2, 0.25) is 5.02 Å². The van der Waals surface area contributed by atoms with Crippen molar-refractivity contribution in [3.8, 4) is 5.75 Å². The number of halogens is 3. The molecule has 0 aliphatic carbocycles. The van der Waals surface area contributed by atoms with E-state index in [1.165, 1.54) is 6.07 Å². The Balaban J connectivity index is 2.22. The molecular formula is C13H10BrClFNO. The van der Waals surface area contributed by atoms with Gasteiger partial charge in [-0.3, -0.25) is 0 Å². The van der Waals surface area contributed by atoms with E-state index in [4.69, 9.17) is 11.6 Å². The first-order valence-corrected chi connectivity index (χ1v) is 6.41. The molecule has 18 heavy (non-hydrogen) atoms. The summed E-state index contributed by atoms with van der Waals surface area (Å²) >= 11 is 9.23. The minimum Gasteiger partial charge on any atom is -0.508 e. The Bertz CT molecular complexity index is 485. The van der Waals surface area contributed by atoms with Gasteiger partial charge < -0.3 is 10.4 Å². The summed E-state index contributed by atoms with van der Waals surface area (Å²) in [4.78, 5) is 0. The standard InChI is InChI=1S/C13H10BrClFNO/c14-9-3-1-5-11(16)13(9)17-7-8-10(15)4-2-6-12(8)18/h1-6,17-18H,7H2. The molecule has 0 spiro atoms. The maximum atomic E-state index is 13.6. The van der Waals surface area contributed by atoms with Crippen molar-refractivity contribution in [1.29, 1.82) is 0 Å². The molecule has 0 bridgehead atoms. The number of nitrogens with one attached hydrogen (secondary N) is 1. The summed E-state index contributed by atoms with van der Waals surface area (Å²) in [6.45, 7) is 0.241. The third-order valence-corrected chi connectivity index (χ3v) is 3.51. The highest BCUT2D eigenvalue weighted by molar-refractivity contribution is 9.10. The number of para-hydroxylation sites is 1. The maximum Gasteiger partial charge on any atom is 0.147 e. The molecule has 5 heteroatoms. The molecule has 0 atom stereocenters. The SMILES string of the molecule is Oc1cccc(Cl)c1CNc1c(F)cccc1Br. The first-order valence-electron chi connectivity index (χ1n) is 5.24. The van der Waals surface area contributed by atoms with E-state index < -0.39 is 0 Å². The van der Waals surface area contributed by atoms with Crippen LogP contribution in [0, 0.1) is 5.82 Å². The topological polar surface area (TPSA) is 32.3 Å². The van der Waals surface area contributed by atoms with E-state index in [0.717, 1.165) is 0 Å². The maximum absolute atomic E-state index is 13.6. The van der Waals surface area contributed by atoms with Crippen LogP contribution >= 0.6 is 27.5 Å². The van der Waals surface area contributed by atoms with Crippen molar-refractivity contribution in [2.24, 2.45) is 0 Å². The molecule has 0 saturated carbocycles. The molecule has 2 aromatic rings. The Hall–Kier alpha value is -1.26. The second kappa shape index (κ2) is 5.59. The van der Waals surface area contributed by atoms with E-state index >= 15 is 0 Å². The summed E-state index contributed by atoms with van der Waals surface area (Å²) < 4.78 is 14.2. The lowest BCUT2D eigenvalue weighted by Gasteiger charge is -2.11. The second-order valence-corrected chi connectivity index (χ2v) is 4.95. The number of rotatable bonds is 3. The molecule has 0 amide bonds. The summed E-state index contributed by atoms with van der Waals surface area (Å²) in [6, 6.07) is 9.57. The predicted octanol–water partition coefficient (Wildman–Crippen LogP) is 4.56. The third kappa shape index (κ3) is 2.76. The lowest BCUT2D eigenvalue weighted by atomic mass is 10.2. The van der Waals surface area contributed by atoms with Gasteiger partial charge in [-0.1, -0.05) is 23.7 Å². The van der Waals surface area contributed by atoms with Crippen LogP contribution in [0.15, 0.2) is 40.9 Å². The van der Waals surface area contributed by atoms with E-state index in [2.05, 4.69) is 21.2 Å². The number of benzene rings is 2. The van der Waals surface area contributed by atoms with Crippen LogP contribution in [0.4, 0.5) is 10.1 Å². The van der Waals surface area contributed by atoms with Crippen LogP contribution in [-0.2, 0) is 6.54 Å². The normalized spacial score (nSPS) is 10.4. The van der Waals surface area contributed by atoms with Crippen LogP contribution in [0.3, 0.4) is 0 Å². The van der Waals surface area contributed by atoms with Crippen LogP contribution in [-0.4, -0.2) is 5.11 Å². The molecule has 0 fully saturated rings. The van der Waals surface area contributed by atoms with Gasteiger partial charge in [0.1, 0.15) is 11.6 Å². The smallest absolute Gasteiger partial charge is 0.147 e. The monoisotopic (exact) mass is 329 g/mol. The van der Waals surface area contributed by atoms with E-state index in [1.54, 1.807) is 30.3 Å². The molecule has 2 nitrogen and oxygen atoms in total. The van der Waals surface area contributed by atoms with E-state index in [9.17, 15) is 9.50 Å². The highest BCUT2D eigenvalue weighted by Crippen LogP contribution is 2.29. The van der Waals surface area contributed by atoms with Crippen molar-refractivity contribution in [3.05, 3.63) is 57.3 Å².